The van der Waals surface area contributed by atoms with E-state index >= 15 is 0 Å². The quantitative estimate of drug-likeness (QED) is 0.869. The van der Waals surface area contributed by atoms with Crippen molar-refractivity contribution >= 4 is 34.3 Å². The number of hydrogen-bond acceptors (Lipinski definition) is 3. The average molecular weight is 342 g/mol. The van der Waals surface area contributed by atoms with Crippen molar-refractivity contribution in [1.29, 1.82) is 0 Å². The summed E-state index contributed by atoms with van der Waals surface area (Å²) >= 11 is 2.16. The van der Waals surface area contributed by atoms with Gasteiger partial charge in [-0.1, -0.05) is 0 Å². The molecular weight excluding hydrogens is 331 g/mol. The van der Waals surface area contributed by atoms with E-state index in [0.29, 0.717) is 5.82 Å². The zero-order valence-electron chi connectivity index (χ0n) is 9.17. The highest BCUT2D eigenvalue weighted by atomic mass is 127. The van der Waals surface area contributed by atoms with Gasteiger partial charge in [0, 0.05) is 22.2 Å². The SMILES string of the molecule is CC(C(=O)Nc1ccc(I)cn1)n1cccn1. The van der Waals surface area contributed by atoms with Crippen LogP contribution in [0.25, 0.3) is 0 Å². The fourth-order valence-corrected chi connectivity index (χ4v) is 1.63. The number of nitrogens with one attached hydrogen (secondary N) is 1. The maximum atomic E-state index is 11.9. The number of aromatic nitrogens is 3. The van der Waals surface area contributed by atoms with E-state index in [9.17, 15) is 4.79 Å². The minimum atomic E-state index is -0.355. The fraction of sp³-hybridized carbons (Fsp3) is 0.182. The van der Waals surface area contributed by atoms with Gasteiger partial charge >= 0.3 is 0 Å². The highest BCUT2D eigenvalue weighted by Crippen LogP contribution is 2.10. The van der Waals surface area contributed by atoms with Gasteiger partial charge < -0.3 is 5.32 Å². The molecule has 5 nitrogen and oxygen atoms in total. The summed E-state index contributed by atoms with van der Waals surface area (Å²) in [5.74, 6) is 0.414. The molecule has 88 valence electrons. The highest BCUT2D eigenvalue weighted by molar-refractivity contribution is 14.1. The van der Waals surface area contributed by atoms with E-state index in [1.165, 1.54) is 0 Å². The van der Waals surface area contributed by atoms with Crippen LogP contribution in [0.2, 0.25) is 0 Å². The van der Waals surface area contributed by atoms with Crippen molar-refractivity contribution in [3.05, 3.63) is 40.4 Å². The molecule has 0 aromatic carbocycles. The van der Waals surface area contributed by atoms with Crippen molar-refractivity contribution in [2.45, 2.75) is 13.0 Å². The Morgan fingerprint density at radius 1 is 1.53 bits per heavy atom. The molecule has 0 spiro atoms. The molecule has 2 aromatic rings. The molecule has 6 heteroatoms. The third kappa shape index (κ3) is 3.02. The summed E-state index contributed by atoms with van der Waals surface area (Å²) < 4.78 is 2.63. The summed E-state index contributed by atoms with van der Waals surface area (Å²) in [6.45, 7) is 1.79. The second kappa shape index (κ2) is 5.26. The Morgan fingerprint density at radius 3 is 2.94 bits per heavy atom. The molecule has 0 bridgehead atoms. The van der Waals surface area contributed by atoms with E-state index in [4.69, 9.17) is 0 Å². The van der Waals surface area contributed by atoms with E-state index in [-0.39, 0.29) is 11.9 Å². The van der Waals surface area contributed by atoms with Gasteiger partial charge in [-0.15, -0.1) is 0 Å². The molecule has 0 aliphatic carbocycles. The summed E-state index contributed by atoms with van der Waals surface area (Å²) in [6, 6.07) is 5.09. The Labute approximate surface area is 112 Å². The predicted molar refractivity (Wildman–Crippen MR) is 72.5 cm³/mol. The van der Waals surface area contributed by atoms with E-state index in [1.54, 1.807) is 42.3 Å². The first-order valence-electron chi connectivity index (χ1n) is 5.08. The number of hydrogen-bond donors (Lipinski definition) is 1. The van der Waals surface area contributed by atoms with Crippen LogP contribution in [0.5, 0.6) is 0 Å². The number of rotatable bonds is 3. The van der Waals surface area contributed by atoms with Crippen LogP contribution >= 0.6 is 22.6 Å². The third-order valence-corrected chi connectivity index (χ3v) is 2.92. The van der Waals surface area contributed by atoms with Crippen LogP contribution in [0.3, 0.4) is 0 Å². The monoisotopic (exact) mass is 342 g/mol. The Kier molecular flexibility index (Phi) is 3.72. The topological polar surface area (TPSA) is 59.8 Å². The van der Waals surface area contributed by atoms with Crippen molar-refractivity contribution in [2.24, 2.45) is 0 Å². The van der Waals surface area contributed by atoms with Gasteiger partial charge in [0.2, 0.25) is 5.91 Å². The first-order valence-corrected chi connectivity index (χ1v) is 6.16. The number of anilines is 1. The van der Waals surface area contributed by atoms with Crippen molar-refractivity contribution in [1.82, 2.24) is 14.8 Å². The van der Waals surface area contributed by atoms with Crippen LogP contribution < -0.4 is 5.32 Å². The molecule has 17 heavy (non-hydrogen) atoms. The molecule has 1 unspecified atom stereocenters. The van der Waals surface area contributed by atoms with Crippen LogP contribution in [-0.4, -0.2) is 20.7 Å². The van der Waals surface area contributed by atoms with E-state index < -0.39 is 0 Å². The Hall–Kier alpha value is -1.44. The Balaban J connectivity index is 2.04. The first-order chi connectivity index (χ1) is 8.16. The molecular formula is C11H11IN4O. The van der Waals surface area contributed by atoms with Crippen molar-refractivity contribution in [2.75, 3.05) is 5.32 Å². The zero-order valence-corrected chi connectivity index (χ0v) is 11.3. The van der Waals surface area contributed by atoms with Gasteiger partial charge in [-0.05, 0) is 47.7 Å². The van der Waals surface area contributed by atoms with Gasteiger partial charge in [-0.2, -0.15) is 5.10 Å². The number of nitrogens with zero attached hydrogens (tertiary/aromatic N) is 3. The molecule has 0 radical (unpaired) electrons. The van der Waals surface area contributed by atoms with Gasteiger partial charge in [0.1, 0.15) is 11.9 Å². The molecule has 2 rings (SSSR count). The molecule has 0 saturated heterocycles. The molecule has 0 aliphatic heterocycles. The van der Waals surface area contributed by atoms with Gasteiger partial charge in [0.25, 0.3) is 0 Å². The van der Waals surface area contributed by atoms with Crippen LogP contribution in [0, 0.1) is 3.57 Å². The normalized spacial score (nSPS) is 12.1. The highest BCUT2D eigenvalue weighted by Gasteiger charge is 2.15. The second-order valence-electron chi connectivity index (χ2n) is 3.51. The molecule has 2 heterocycles. The fourth-order valence-electron chi connectivity index (χ4n) is 1.31. The van der Waals surface area contributed by atoms with Crippen LogP contribution in [0.4, 0.5) is 5.82 Å². The van der Waals surface area contributed by atoms with Gasteiger partial charge in [-0.3, -0.25) is 9.48 Å². The van der Waals surface area contributed by atoms with Crippen LogP contribution in [-0.2, 0) is 4.79 Å². The lowest BCUT2D eigenvalue weighted by Crippen LogP contribution is -2.24. The number of amides is 1. The zero-order chi connectivity index (χ0) is 12.3. The maximum Gasteiger partial charge on any atom is 0.250 e. The lowest BCUT2D eigenvalue weighted by atomic mass is 10.3. The maximum absolute atomic E-state index is 11.9. The first kappa shape index (κ1) is 12.0. The van der Waals surface area contributed by atoms with Crippen molar-refractivity contribution in [3.8, 4) is 0 Å². The Morgan fingerprint density at radius 2 is 2.35 bits per heavy atom. The summed E-state index contributed by atoms with van der Waals surface area (Å²) in [5, 5.41) is 6.77. The van der Waals surface area contributed by atoms with Crippen LogP contribution in [0.1, 0.15) is 13.0 Å². The molecule has 0 aliphatic rings. The minimum absolute atomic E-state index is 0.137. The summed E-state index contributed by atoms with van der Waals surface area (Å²) in [7, 11) is 0. The molecule has 0 saturated carbocycles. The van der Waals surface area contributed by atoms with Gasteiger partial charge in [0.15, 0.2) is 0 Å². The summed E-state index contributed by atoms with van der Waals surface area (Å²) in [6.07, 6.45) is 5.10. The molecule has 0 fully saturated rings. The lowest BCUT2D eigenvalue weighted by molar-refractivity contribution is -0.119. The predicted octanol–water partition coefficient (Wildman–Crippen LogP) is 2.08. The second-order valence-corrected chi connectivity index (χ2v) is 4.76. The third-order valence-electron chi connectivity index (χ3n) is 2.28. The van der Waals surface area contributed by atoms with Crippen LogP contribution in [0.15, 0.2) is 36.8 Å². The summed E-state index contributed by atoms with van der Waals surface area (Å²) in [4.78, 5) is 16.0. The number of carbonyl (C=O) groups excluding carboxylic acids is 1. The number of halogens is 1. The summed E-state index contributed by atoms with van der Waals surface area (Å²) in [5.41, 5.74) is 0. The minimum Gasteiger partial charge on any atom is -0.309 e. The molecule has 1 N–H and O–H groups in total. The van der Waals surface area contributed by atoms with Gasteiger partial charge in [-0.25, -0.2) is 4.98 Å². The van der Waals surface area contributed by atoms with Gasteiger partial charge in [0.05, 0.1) is 0 Å². The van der Waals surface area contributed by atoms with E-state index in [0.717, 1.165) is 3.57 Å². The standard InChI is InChI=1S/C11H11IN4O/c1-8(16-6-2-5-14-16)11(17)15-10-4-3-9(12)7-13-10/h2-8H,1H3,(H,13,15,17). The number of carbonyl (C=O) groups is 1. The van der Waals surface area contributed by atoms with E-state index in [1.807, 2.05) is 6.07 Å². The molecule has 2 aromatic heterocycles. The van der Waals surface area contributed by atoms with Crippen molar-refractivity contribution < 1.29 is 4.79 Å². The Bertz CT molecular complexity index is 495. The largest absolute Gasteiger partial charge is 0.309 e. The lowest BCUT2D eigenvalue weighted by Gasteiger charge is -2.11. The molecule has 1 atom stereocenters. The molecule has 1 amide bonds. The van der Waals surface area contributed by atoms with E-state index in [2.05, 4.69) is 38.0 Å². The average Bonchev–Trinajstić information content (AvgIpc) is 2.84. The smallest absolute Gasteiger partial charge is 0.250 e. The number of pyridine rings is 1. The van der Waals surface area contributed by atoms with Crippen molar-refractivity contribution in [3.63, 3.8) is 0 Å².